The molecule has 5 N–H and O–H groups in total. The molecule has 0 radical (unpaired) electrons. The van der Waals surface area contributed by atoms with Gasteiger partial charge in [0.05, 0.1) is 6.10 Å². The minimum absolute atomic E-state index is 0.101. The predicted molar refractivity (Wildman–Crippen MR) is 128 cm³/mol. The quantitative estimate of drug-likeness (QED) is 0.170. The zero-order valence-electron chi connectivity index (χ0n) is 19.9. The number of nitrogens with one attached hydrogen (secondary N) is 2. The third kappa shape index (κ3) is 10.3. The number of amides is 2. The number of hydrogen-bond donors (Lipinski definition) is 5. The molecule has 2 aromatic carbocycles. The van der Waals surface area contributed by atoms with Crippen LogP contribution in [-0.2, 0) is 16.1 Å². The van der Waals surface area contributed by atoms with Crippen molar-refractivity contribution in [2.24, 2.45) is 0 Å². The Bertz CT molecular complexity index is 831. The van der Waals surface area contributed by atoms with Gasteiger partial charge >= 0.3 is 0 Å². The predicted octanol–water partition coefficient (Wildman–Crippen LogP) is 2.52. The largest absolute Gasteiger partial charge is 0.460 e. The van der Waals surface area contributed by atoms with Crippen LogP contribution in [0.25, 0.3) is 0 Å². The summed E-state index contributed by atoms with van der Waals surface area (Å²) in [6.07, 6.45) is -1.47. The molecule has 0 fully saturated rings. The van der Waals surface area contributed by atoms with Crippen molar-refractivity contribution >= 4 is 11.8 Å². The van der Waals surface area contributed by atoms with Gasteiger partial charge in [-0.1, -0.05) is 44.2 Å². The van der Waals surface area contributed by atoms with E-state index in [1.165, 1.54) is 6.92 Å². The lowest BCUT2D eigenvalue weighted by molar-refractivity contribution is -0.336. The Morgan fingerprint density at radius 1 is 1.03 bits per heavy atom. The van der Waals surface area contributed by atoms with Crippen LogP contribution in [0, 0.1) is 0 Å². The SMILES string of the molecule is CC.CC(=O)NCCc1ccc(OC(OO)C(NC(=O)c2ccccc2)C(O)CCCO)cc1. The van der Waals surface area contributed by atoms with Crippen LogP contribution in [0.15, 0.2) is 54.6 Å². The van der Waals surface area contributed by atoms with Crippen molar-refractivity contribution in [3.05, 3.63) is 65.7 Å². The molecule has 9 heteroatoms. The summed E-state index contributed by atoms with van der Waals surface area (Å²) in [5, 5.41) is 34.5. The molecule has 3 unspecified atom stereocenters. The maximum Gasteiger partial charge on any atom is 0.253 e. The third-order valence-corrected chi connectivity index (χ3v) is 4.77. The van der Waals surface area contributed by atoms with Gasteiger partial charge in [0.2, 0.25) is 5.91 Å². The number of aliphatic hydroxyl groups excluding tert-OH is 2. The standard InChI is InChI=1S/C23H30N2O7.C2H6/c1-16(27)24-14-13-17-9-11-19(12-10-17)31-23(32-30)21(20(28)8-5-15-26)25-22(29)18-6-3-2-4-7-18;1-2/h2-4,6-7,9-12,20-21,23,26,28,30H,5,8,13-15H2,1H3,(H,24,27)(H,25,29);1-2H3. The van der Waals surface area contributed by atoms with Crippen molar-refractivity contribution in [3.63, 3.8) is 0 Å². The normalized spacial score (nSPS) is 13.0. The number of carbonyl (C=O) groups is 2. The van der Waals surface area contributed by atoms with Gasteiger partial charge in [-0.05, 0) is 49.1 Å². The average Bonchev–Trinajstić information content (AvgIpc) is 2.87. The molecule has 0 saturated heterocycles. The molecule has 9 nitrogen and oxygen atoms in total. The molecule has 2 amide bonds. The summed E-state index contributed by atoms with van der Waals surface area (Å²) in [4.78, 5) is 28.0. The first kappa shape index (κ1) is 29.1. The number of aliphatic hydroxyl groups is 2. The average molecular weight is 477 g/mol. The Hall–Kier alpha value is -2.98. The van der Waals surface area contributed by atoms with E-state index in [9.17, 15) is 20.0 Å². The van der Waals surface area contributed by atoms with Gasteiger partial charge in [0.25, 0.3) is 12.2 Å². The van der Waals surface area contributed by atoms with Crippen LogP contribution >= 0.6 is 0 Å². The van der Waals surface area contributed by atoms with E-state index in [0.717, 1.165) is 5.56 Å². The zero-order chi connectivity index (χ0) is 25.3. The fourth-order valence-corrected chi connectivity index (χ4v) is 3.06. The van der Waals surface area contributed by atoms with Gasteiger partial charge < -0.3 is 25.6 Å². The first-order valence-corrected chi connectivity index (χ1v) is 11.4. The maximum atomic E-state index is 12.6. The van der Waals surface area contributed by atoms with Crippen molar-refractivity contribution in [2.45, 2.75) is 58.5 Å². The van der Waals surface area contributed by atoms with Gasteiger partial charge in [0, 0.05) is 25.6 Å². The zero-order valence-corrected chi connectivity index (χ0v) is 19.9. The molecule has 0 spiro atoms. The smallest absolute Gasteiger partial charge is 0.253 e. The van der Waals surface area contributed by atoms with Gasteiger partial charge in [-0.2, -0.15) is 4.89 Å². The molecular weight excluding hydrogens is 440 g/mol. The van der Waals surface area contributed by atoms with Gasteiger partial charge in [0.1, 0.15) is 11.8 Å². The van der Waals surface area contributed by atoms with E-state index >= 15 is 0 Å². The molecule has 0 aliphatic heterocycles. The fourth-order valence-electron chi connectivity index (χ4n) is 3.06. The van der Waals surface area contributed by atoms with Crippen molar-refractivity contribution in [1.82, 2.24) is 10.6 Å². The molecule has 0 aromatic heterocycles. The minimum atomic E-state index is -1.40. The van der Waals surface area contributed by atoms with Crippen LogP contribution in [-0.4, -0.2) is 58.9 Å². The van der Waals surface area contributed by atoms with E-state index in [1.807, 2.05) is 13.8 Å². The van der Waals surface area contributed by atoms with Gasteiger partial charge in [-0.15, -0.1) is 0 Å². The van der Waals surface area contributed by atoms with Crippen molar-refractivity contribution in [3.8, 4) is 5.75 Å². The van der Waals surface area contributed by atoms with Crippen LogP contribution in [0.4, 0.5) is 0 Å². The highest BCUT2D eigenvalue weighted by atomic mass is 17.1. The van der Waals surface area contributed by atoms with E-state index < -0.39 is 24.3 Å². The Morgan fingerprint density at radius 3 is 2.24 bits per heavy atom. The molecule has 0 heterocycles. The number of rotatable bonds is 13. The Balaban J connectivity index is 0.00000281. The molecule has 3 atom stereocenters. The second-order valence-electron chi connectivity index (χ2n) is 7.27. The Labute approximate surface area is 200 Å². The highest BCUT2D eigenvalue weighted by molar-refractivity contribution is 5.94. The van der Waals surface area contributed by atoms with Gasteiger partial charge in [-0.3, -0.25) is 9.59 Å². The van der Waals surface area contributed by atoms with E-state index in [2.05, 4.69) is 15.5 Å². The number of hydrogen-bond acceptors (Lipinski definition) is 7. The van der Waals surface area contributed by atoms with Crippen LogP contribution in [0.5, 0.6) is 5.75 Å². The summed E-state index contributed by atoms with van der Waals surface area (Å²) in [7, 11) is 0. The van der Waals surface area contributed by atoms with Crippen molar-refractivity contribution < 1.29 is 34.7 Å². The lowest BCUT2D eigenvalue weighted by Crippen LogP contribution is -2.53. The summed E-state index contributed by atoms with van der Waals surface area (Å²) in [6.45, 7) is 5.82. The Kier molecular flexibility index (Phi) is 14.2. The number of benzene rings is 2. The minimum Gasteiger partial charge on any atom is -0.460 e. The molecule has 0 aliphatic carbocycles. The highest BCUT2D eigenvalue weighted by Gasteiger charge is 2.33. The first-order chi connectivity index (χ1) is 16.4. The summed E-state index contributed by atoms with van der Waals surface area (Å²) in [6, 6.07) is 14.2. The molecule has 34 heavy (non-hydrogen) atoms. The second-order valence-corrected chi connectivity index (χ2v) is 7.27. The number of carbonyl (C=O) groups excluding carboxylic acids is 2. The van der Waals surface area contributed by atoms with Crippen molar-refractivity contribution in [2.75, 3.05) is 13.2 Å². The lowest BCUT2D eigenvalue weighted by atomic mass is 10.0. The highest BCUT2D eigenvalue weighted by Crippen LogP contribution is 2.18. The second kappa shape index (κ2) is 16.6. The summed E-state index contributed by atoms with van der Waals surface area (Å²) < 4.78 is 5.68. The topological polar surface area (TPSA) is 137 Å². The van der Waals surface area contributed by atoms with Gasteiger partial charge in [0.15, 0.2) is 0 Å². The van der Waals surface area contributed by atoms with E-state index in [0.29, 0.717) is 30.7 Å². The van der Waals surface area contributed by atoms with Crippen molar-refractivity contribution in [1.29, 1.82) is 0 Å². The lowest BCUT2D eigenvalue weighted by Gasteiger charge is -2.30. The van der Waals surface area contributed by atoms with Crippen LogP contribution < -0.4 is 15.4 Å². The molecule has 2 rings (SSSR count). The van der Waals surface area contributed by atoms with E-state index in [-0.39, 0.29) is 18.9 Å². The third-order valence-electron chi connectivity index (χ3n) is 4.77. The van der Waals surface area contributed by atoms with Crippen LogP contribution in [0.3, 0.4) is 0 Å². The van der Waals surface area contributed by atoms with E-state index in [1.54, 1.807) is 54.6 Å². The summed E-state index contributed by atoms with van der Waals surface area (Å²) in [5.41, 5.74) is 1.33. The Morgan fingerprint density at radius 2 is 1.68 bits per heavy atom. The molecule has 0 bridgehead atoms. The monoisotopic (exact) mass is 476 g/mol. The molecule has 0 aliphatic rings. The number of ether oxygens (including phenoxy) is 1. The van der Waals surface area contributed by atoms with Crippen LogP contribution in [0.1, 0.15) is 49.5 Å². The molecular formula is C25H36N2O7. The van der Waals surface area contributed by atoms with E-state index in [4.69, 9.17) is 9.84 Å². The summed E-state index contributed by atoms with van der Waals surface area (Å²) >= 11 is 0. The fraction of sp³-hybridized carbons (Fsp3) is 0.440. The first-order valence-electron chi connectivity index (χ1n) is 11.4. The molecule has 0 saturated carbocycles. The van der Waals surface area contributed by atoms with Gasteiger partial charge in [-0.25, -0.2) is 5.26 Å². The molecule has 2 aromatic rings. The summed E-state index contributed by atoms with van der Waals surface area (Å²) in [5.74, 6) is -0.227. The molecule has 188 valence electrons. The maximum absolute atomic E-state index is 12.6. The van der Waals surface area contributed by atoms with Crippen LogP contribution in [0.2, 0.25) is 0 Å².